The summed E-state index contributed by atoms with van der Waals surface area (Å²) in [7, 11) is 1.74. The third kappa shape index (κ3) is 2.92. The first-order valence-corrected chi connectivity index (χ1v) is 4.25. The number of halogens is 1. The van der Waals surface area contributed by atoms with Crippen molar-refractivity contribution in [2.45, 2.75) is 0 Å². The minimum Gasteiger partial charge on any atom is -0.394 e. The second-order valence-electron chi connectivity index (χ2n) is 2.49. The topological polar surface area (TPSA) is 29.1 Å². The summed E-state index contributed by atoms with van der Waals surface area (Å²) in [5.41, 5.74) is 0.635. The summed E-state index contributed by atoms with van der Waals surface area (Å²) in [6, 6.07) is 6.79. The molecule has 0 aliphatic heterocycles. The summed E-state index contributed by atoms with van der Waals surface area (Å²) in [6.07, 6.45) is 3.07. The number of allylic oxidation sites excluding steroid dienone is 1. The number of carbonyl (C=O) groups excluding carboxylic acids is 1. The van der Waals surface area contributed by atoms with E-state index in [0.29, 0.717) is 10.6 Å². The van der Waals surface area contributed by atoms with Gasteiger partial charge >= 0.3 is 0 Å². The van der Waals surface area contributed by atoms with Gasteiger partial charge in [-0.2, -0.15) is 0 Å². The van der Waals surface area contributed by atoms with E-state index in [-0.39, 0.29) is 5.78 Å². The quantitative estimate of drug-likeness (QED) is 0.592. The molecule has 0 aliphatic carbocycles. The van der Waals surface area contributed by atoms with E-state index in [1.807, 2.05) is 0 Å². The molecule has 0 bridgehead atoms. The second kappa shape index (κ2) is 4.67. The average molecular weight is 196 g/mol. The van der Waals surface area contributed by atoms with E-state index >= 15 is 0 Å². The molecule has 1 aromatic carbocycles. The number of hydrogen-bond acceptors (Lipinski definition) is 2. The molecule has 0 unspecified atom stereocenters. The zero-order chi connectivity index (χ0) is 9.68. The number of benzene rings is 1. The number of ketones is 1. The van der Waals surface area contributed by atoms with Crippen LogP contribution in [-0.4, -0.2) is 12.8 Å². The first-order chi connectivity index (χ1) is 6.24. The summed E-state index contributed by atoms with van der Waals surface area (Å²) in [5, 5.41) is 3.39. The van der Waals surface area contributed by atoms with Crippen LogP contribution in [0, 0.1) is 0 Å². The molecule has 2 nitrogen and oxygen atoms in total. The maximum Gasteiger partial charge on any atom is 0.187 e. The lowest BCUT2D eigenvalue weighted by atomic mass is 10.1. The van der Waals surface area contributed by atoms with Crippen molar-refractivity contribution < 1.29 is 4.79 Å². The summed E-state index contributed by atoms with van der Waals surface area (Å²) in [4.78, 5) is 11.3. The monoisotopic (exact) mass is 195 g/mol. The Bertz CT molecular complexity index is 316. The van der Waals surface area contributed by atoms with E-state index in [2.05, 4.69) is 5.32 Å². The fraction of sp³-hybridized carbons (Fsp3) is 0.100. The van der Waals surface area contributed by atoms with Gasteiger partial charge in [-0.25, -0.2) is 0 Å². The van der Waals surface area contributed by atoms with Crippen LogP contribution < -0.4 is 5.32 Å². The van der Waals surface area contributed by atoms with Crippen molar-refractivity contribution >= 4 is 17.4 Å². The van der Waals surface area contributed by atoms with Gasteiger partial charge in [-0.1, -0.05) is 11.6 Å². The Labute approximate surface area is 82.2 Å². The minimum absolute atomic E-state index is 0.0361. The molecule has 0 fully saturated rings. The predicted molar refractivity (Wildman–Crippen MR) is 54.0 cm³/mol. The molecule has 3 heteroatoms. The maximum absolute atomic E-state index is 11.3. The fourth-order valence-electron chi connectivity index (χ4n) is 0.869. The van der Waals surface area contributed by atoms with E-state index in [9.17, 15) is 4.79 Å². The Balaban J connectivity index is 2.78. The molecule has 0 atom stereocenters. The fourth-order valence-corrected chi connectivity index (χ4v) is 0.995. The lowest BCUT2D eigenvalue weighted by Gasteiger charge is -1.95. The number of rotatable bonds is 3. The number of nitrogens with one attached hydrogen (secondary N) is 1. The van der Waals surface area contributed by atoms with Crippen LogP contribution in [0.4, 0.5) is 0 Å². The van der Waals surface area contributed by atoms with Gasteiger partial charge in [-0.15, -0.1) is 0 Å². The number of hydrogen-bond donors (Lipinski definition) is 1. The van der Waals surface area contributed by atoms with Gasteiger partial charge in [-0.3, -0.25) is 4.79 Å². The lowest BCUT2D eigenvalue weighted by Crippen LogP contribution is -1.98. The highest BCUT2D eigenvalue weighted by molar-refractivity contribution is 6.30. The molecule has 0 aromatic heterocycles. The van der Waals surface area contributed by atoms with Gasteiger partial charge in [-0.05, 0) is 24.3 Å². The summed E-state index contributed by atoms with van der Waals surface area (Å²) >= 11 is 5.68. The second-order valence-corrected chi connectivity index (χ2v) is 2.93. The molecule has 0 radical (unpaired) electrons. The first kappa shape index (κ1) is 9.81. The van der Waals surface area contributed by atoms with Crippen molar-refractivity contribution in [2.24, 2.45) is 0 Å². The Morgan fingerprint density at radius 1 is 1.38 bits per heavy atom. The zero-order valence-electron chi connectivity index (χ0n) is 7.25. The van der Waals surface area contributed by atoms with Crippen LogP contribution >= 0.6 is 11.6 Å². The summed E-state index contributed by atoms with van der Waals surface area (Å²) in [5.74, 6) is -0.0361. The van der Waals surface area contributed by atoms with Crippen LogP contribution in [0.5, 0.6) is 0 Å². The average Bonchev–Trinajstić information content (AvgIpc) is 2.15. The Hall–Kier alpha value is -1.28. The van der Waals surface area contributed by atoms with E-state index in [0.717, 1.165) is 0 Å². The minimum atomic E-state index is -0.0361. The van der Waals surface area contributed by atoms with Gasteiger partial charge in [0.2, 0.25) is 0 Å². The van der Waals surface area contributed by atoms with Crippen LogP contribution in [0.1, 0.15) is 10.4 Å². The Morgan fingerprint density at radius 2 is 2.00 bits per heavy atom. The standard InChI is InChI=1S/C10H10ClNO/c1-12-7-6-10(13)8-2-4-9(11)5-3-8/h2-7,12H,1H3/b7-6-. The summed E-state index contributed by atoms with van der Waals surface area (Å²) < 4.78 is 0. The van der Waals surface area contributed by atoms with Crippen molar-refractivity contribution in [1.29, 1.82) is 0 Å². The van der Waals surface area contributed by atoms with Crippen molar-refractivity contribution in [3.05, 3.63) is 47.1 Å². The summed E-state index contributed by atoms with van der Waals surface area (Å²) in [6.45, 7) is 0. The molecular weight excluding hydrogens is 186 g/mol. The van der Waals surface area contributed by atoms with Crippen molar-refractivity contribution in [1.82, 2.24) is 5.32 Å². The zero-order valence-corrected chi connectivity index (χ0v) is 8.01. The largest absolute Gasteiger partial charge is 0.394 e. The molecule has 1 N–H and O–H groups in total. The van der Waals surface area contributed by atoms with E-state index in [1.165, 1.54) is 6.08 Å². The number of carbonyl (C=O) groups is 1. The third-order valence-electron chi connectivity index (χ3n) is 1.53. The van der Waals surface area contributed by atoms with Gasteiger partial charge in [0.25, 0.3) is 0 Å². The molecule has 0 amide bonds. The molecule has 68 valence electrons. The molecule has 0 aliphatic rings. The molecule has 0 spiro atoms. The van der Waals surface area contributed by atoms with Gasteiger partial charge in [0, 0.05) is 29.9 Å². The molecule has 0 saturated heterocycles. The van der Waals surface area contributed by atoms with Gasteiger partial charge < -0.3 is 5.32 Å². The molecule has 0 heterocycles. The van der Waals surface area contributed by atoms with E-state index < -0.39 is 0 Å². The normalized spacial score (nSPS) is 10.3. The highest BCUT2D eigenvalue weighted by Gasteiger charge is 1.99. The van der Waals surface area contributed by atoms with Crippen LogP contribution in [0.2, 0.25) is 5.02 Å². The molecule has 13 heavy (non-hydrogen) atoms. The third-order valence-corrected chi connectivity index (χ3v) is 1.78. The van der Waals surface area contributed by atoms with Crippen LogP contribution in [0.25, 0.3) is 0 Å². The Morgan fingerprint density at radius 3 is 2.54 bits per heavy atom. The first-order valence-electron chi connectivity index (χ1n) is 3.88. The van der Waals surface area contributed by atoms with Crippen LogP contribution in [-0.2, 0) is 0 Å². The van der Waals surface area contributed by atoms with E-state index in [1.54, 1.807) is 37.5 Å². The smallest absolute Gasteiger partial charge is 0.187 e. The van der Waals surface area contributed by atoms with Gasteiger partial charge in [0.1, 0.15) is 0 Å². The SMILES string of the molecule is CN/C=C\C(=O)c1ccc(Cl)cc1. The Kier molecular flexibility index (Phi) is 3.53. The molecule has 1 aromatic rings. The molecule has 0 saturated carbocycles. The highest BCUT2D eigenvalue weighted by Crippen LogP contribution is 2.10. The molecule has 1 rings (SSSR count). The molecular formula is C10H10ClNO. The van der Waals surface area contributed by atoms with Crippen molar-refractivity contribution in [3.63, 3.8) is 0 Å². The van der Waals surface area contributed by atoms with Crippen LogP contribution in [0.3, 0.4) is 0 Å². The predicted octanol–water partition coefficient (Wildman–Crippen LogP) is 2.26. The van der Waals surface area contributed by atoms with Crippen molar-refractivity contribution in [3.8, 4) is 0 Å². The van der Waals surface area contributed by atoms with Gasteiger partial charge in [0.15, 0.2) is 5.78 Å². The van der Waals surface area contributed by atoms with Crippen molar-refractivity contribution in [2.75, 3.05) is 7.05 Å². The maximum atomic E-state index is 11.3. The highest BCUT2D eigenvalue weighted by atomic mass is 35.5. The lowest BCUT2D eigenvalue weighted by molar-refractivity contribution is 0.104. The van der Waals surface area contributed by atoms with E-state index in [4.69, 9.17) is 11.6 Å². The van der Waals surface area contributed by atoms with Gasteiger partial charge in [0.05, 0.1) is 0 Å². The van der Waals surface area contributed by atoms with Crippen LogP contribution in [0.15, 0.2) is 36.5 Å².